The van der Waals surface area contributed by atoms with Crippen molar-refractivity contribution in [1.82, 2.24) is 9.97 Å². The van der Waals surface area contributed by atoms with Crippen LogP contribution in [0.5, 0.6) is 0 Å². The van der Waals surface area contributed by atoms with Crippen LogP contribution in [0.3, 0.4) is 0 Å². The van der Waals surface area contributed by atoms with Crippen LogP contribution in [0.15, 0.2) is 36.4 Å². The summed E-state index contributed by atoms with van der Waals surface area (Å²) in [7, 11) is 0. The molecule has 0 unspecified atom stereocenters. The molecular weight excluding hydrogens is 268 g/mol. The predicted octanol–water partition coefficient (Wildman–Crippen LogP) is 5.09. The molecule has 0 N–H and O–H groups in total. The lowest BCUT2D eigenvalue weighted by Crippen LogP contribution is -2.13. The van der Waals surface area contributed by atoms with Crippen LogP contribution < -0.4 is 0 Å². The molecule has 1 aromatic carbocycles. The zero-order valence-electron chi connectivity index (χ0n) is 11.7. The molecule has 1 saturated carbocycles. The first kappa shape index (κ1) is 13.6. The highest BCUT2D eigenvalue weighted by Gasteiger charge is 2.22. The smallest absolute Gasteiger partial charge is 0.133 e. The number of hydrogen-bond acceptors (Lipinski definition) is 2. The Bertz CT molecular complexity index is 575. The van der Waals surface area contributed by atoms with Crippen molar-refractivity contribution >= 4 is 11.6 Å². The topological polar surface area (TPSA) is 25.8 Å². The van der Waals surface area contributed by atoms with Gasteiger partial charge in [-0.1, -0.05) is 61.7 Å². The fraction of sp³-hybridized carbons (Fsp3) is 0.412. The molecule has 0 spiro atoms. The average molecular weight is 287 g/mol. The Morgan fingerprint density at radius 2 is 1.70 bits per heavy atom. The van der Waals surface area contributed by atoms with E-state index in [1.165, 1.54) is 25.7 Å². The van der Waals surface area contributed by atoms with Gasteiger partial charge in [0.05, 0.1) is 5.69 Å². The predicted molar refractivity (Wildman–Crippen MR) is 82.9 cm³/mol. The summed E-state index contributed by atoms with van der Waals surface area (Å²) in [6, 6.07) is 12.0. The highest BCUT2D eigenvalue weighted by atomic mass is 35.5. The zero-order valence-corrected chi connectivity index (χ0v) is 12.5. The summed E-state index contributed by atoms with van der Waals surface area (Å²) in [6.07, 6.45) is 4.88. The molecule has 1 aliphatic carbocycles. The van der Waals surface area contributed by atoms with Crippen molar-refractivity contribution in [3.8, 4) is 11.3 Å². The van der Waals surface area contributed by atoms with Crippen molar-refractivity contribution in [3.05, 3.63) is 47.4 Å². The van der Waals surface area contributed by atoms with E-state index in [1.807, 2.05) is 24.3 Å². The van der Waals surface area contributed by atoms with Gasteiger partial charge in [0.25, 0.3) is 0 Å². The summed E-state index contributed by atoms with van der Waals surface area (Å²) >= 11 is 6.20. The maximum atomic E-state index is 6.20. The van der Waals surface area contributed by atoms with Crippen molar-refractivity contribution in [2.45, 2.75) is 38.5 Å². The molecular formula is C17H19ClN2. The van der Waals surface area contributed by atoms with E-state index >= 15 is 0 Å². The molecule has 104 valence electrons. The van der Waals surface area contributed by atoms with E-state index in [2.05, 4.69) is 24.0 Å². The Morgan fingerprint density at radius 3 is 2.40 bits per heavy atom. The monoisotopic (exact) mass is 286 g/mol. The lowest BCUT2D eigenvalue weighted by Gasteiger charge is -2.25. The molecule has 2 aromatic rings. The number of benzene rings is 1. The number of rotatable bonds is 2. The highest BCUT2D eigenvalue weighted by Crippen LogP contribution is 2.35. The van der Waals surface area contributed by atoms with E-state index in [0.29, 0.717) is 11.1 Å². The molecule has 1 fully saturated rings. The van der Waals surface area contributed by atoms with Gasteiger partial charge in [-0.25, -0.2) is 9.97 Å². The third-order valence-corrected chi connectivity index (χ3v) is 4.36. The first-order chi connectivity index (χ1) is 9.72. The van der Waals surface area contributed by atoms with Crippen LogP contribution in [-0.4, -0.2) is 9.97 Å². The standard InChI is InChI=1S/C17H19ClN2/c1-12-7-9-14(10-8-12)17-19-15(11-16(18)20-17)13-5-3-2-4-6-13/h2-6,11-12,14H,7-10H2,1H3. The quantitative estimate of drug-likeness (QED) is 0.719. The molecule has 0 radical (unpaired) electrons. The van der Waals surface area contributed by atoms with E-state index in [0.717, 1.165) is 23.0 Å². The Morgan fingerprint density at radius 1 is 1.00 bits per heavy atom. The molecule has 0 atom stereocenters. The first-order valence-corrected chi connectivity index (χ1v) is 7.70. The van der Waals surface area contributed by atoms with Gasteiger partial charge in [0.2, 0.25) is 0 Å². The second kappa shape index (κ2) is 5.92. The third-order valence-electron chi connectivity index (χ3n) is 4.16. The minimum Gasteiger partial charge on any atom is -0.232 e. The van der Waals surface area contributed by atoms with Crippen LogP contribution in [0.25, 0.3) is 11.3 Å². The van der Waals surface area contributed by atoms with Gasteiger partial charge >= 0.3 is 0 Å². The third kappa shape index (κ3) is 3.01. The maximum absolute atomic E-state index is 6.20. The van der Waals surface area contributed by atoms with Gasteiger partial charge in [0.1, 0.15) is 11.0 Å². The minimum atomic E-state index is 0.465. The molecule has 0 aliphatic heterocycles. The normalized spacial score (nSPS) is 22.7. The molecule has 0 amide bonds. The molecule has 3 rings (SSSR count). The minimum absolute atomic E-state index is 0.465. The Kier molecular flexibility index (Phi) is 4.02. The molecule has 1 heterocycles. The van der Waals surface area contributed by atoms with E-state index in [-0.39, 0.29) is 0 Å². The van der Waals surface area contributed by atoms with E-state index in [9.17, 15) is 0 Å². The van der Waals surface area contributed by atoms with Crippen LogP contribution in [0.4, 0.5) is 0 Å². The molecule has 1 aromatic heterocycles. The van der Waals surface area contributed by atoms with Gasteiger partial charge in [0.15, 0.2) is 0 Å². The summed E-state index contributed by atoms with van der Waals surface area (Å²) in [5.41, 5.74) is 2.03. The summed E-state index contributed by atoms with van der Waals surface area (Å²) in [4.78, 5) is 9.22. The fourth-order valence-corrected chi connectivity index (χ4v) is 3.08. The molecule has 0 bridgehead atoms. The van der Waals surface area contributed by atoms with Gasteiger partial charge in [-0.2, -0.15) is 0 Å². The van der Waals surface area contributed by atoms with Crippen LogP contribution >= 0.6 is 11.6 Å². The lowest BCUT2D eigenvalue weighted by atomic mass is 9.82. The van der Waals surface area contributed by atoms with Gasteiger partial charge in [-0.15, -0.1) is 0 Å². The zero-order chi connectivity index (χ0) is 13.9. The van der Waals surface area contributed by atoms with Gasteiger partial charge in [-0.05, 0) is 18.8 Å². The average Bonchev–Trinajstić information content (AvgIpc) is 2.48. The summed E-state index contributed by atoms with van der Waals surface area (Å²) in [5, 5.41) is 0.549. The van der Waals surface area contributed by atoms with Gasteiger partial charge < -0.3 is 0 Å². The molecule has 0 saturated heterocycles. The number of aromatic nitrogens is 2. The van der Waals surface area contributed by atoms with Crippen LogP contribution in [-0.2, 0) is 0 Å². The number of nitrogens with zero attached hydrogens (tertiary/aromatic N) is 2. The number of halogens is 1. The van der Waals surface area contributed by atoms with Crippen LogP contribution in [0, 0.1) is 5.92 Å². The summed E-state index contributed by atoms with van der Waals surface area (Å²) in [5.74, 6) is 2.22. The lowest BCUT2D eigenvalue weighted by molar-refractivity contribution is 0.340. The molecule has 2 nitrogen and oxygen atoms in total. The Hall–Kier alpha value is -1.41. The van der Waals surface area contributed by atoms with E-state index in [1.54, 1.807) is 0 Å². The maximum Gasteiger partial charge on any atom is 0.133 e. The first-order valence-electron chi connectivity index (χ1n) is 7.32. The summed E-state index contributed by atoms with van der Waals surface area (Å²) < 4.78 is 0. The SMILES string of the molecule is CC1CCC(c2nc(Cl)cc(-c3ccccc3)n2)CC1. The van der Waals surface area contributed by atoms with Crippen molar-refractivity contribution in [2.75, 3.05) is 0 Å². The second-order valence-corrected chi connectivity index (χ2v) is 6.14. The summed E-state index contributed by atoms with van der Waals surface area (Å²) in [6.45, 7) is 2.32. The highest BCUT2D eigenvalue weighted by molar-refractivity contribution is 6.29. The Labute approximate surface area is 125 Å². The number of hydrogen-bond donors (Lipinski definition) is 0. The largest absolute Gasteiger partial charge is 0.232 e. The van der Waals surface area contributed by atoms with Crippen molar-refractivity contribution in [1.29, 1.82) is 0 Å². The Balaban J connectivity index is 1.91. The molecule has 3 heteroatoms. The molecule has 1 aliphatic rings. The van der Waals surface area contributed by atoms with Crippen LogP contribution in [0.2, 0.25) is 5.15 Å². The van der Waals surface area contributed by atoms with Crippen molar-refractivity contribution in [3.63, 3.8) is 0 Å². The van der Waals surface area contributed by atoms with E-state index in [4.69, 9.17) is 16.6 Å². The van der Waals surface area contributed by atoms with Gasteiger partial charge in [0, 0.05) is 17.5 Å². The van der Waals surface area contributed by atoms with Crippen LogP contribution in [0.1, 0.15) is 44.3 Å². The van der Waals surface area contributed by atoms with E-state index < -0.39 is 0 Å². The van der Waals surface area contributed by atoms with Crippen molar-refractivity contribution < 1.29 is 0 Å². The van der Waals surface area contributed by atoms with Crippen molar-refractivity contribution in [2.24, 2.45) is 5.92 Å². The molecule has 20 heavy (non-hydrogen) atoms. The van der Waals surface area contributed by atoms with Gasteiger partial charge in [-0.3, -0.25) is 0 Å². The second-order valence-electron chi connectivity index (χ2n) is 5.76. The fourth-order valence-electron chi connectivity index (χ4n) is 2.89.